The van der Waals surface area contributed by atoms with Crippen LogP contribution in [0.1, 0.15) is 25.1 Å². The molecule has 6 heteroatoms. The summed E-state index contributed by atoms with van der Waals surface area (Å²) in [7, 11) is 0. The van der Waals surface area contributed by atoms with E-state index in [1.165, 1.54) is 0 Å². The van der Waals surface area contributed by atoms with Gasteiger partial charge in [-0.2, -0.15) is 0 Å². The van der Waals surface area contributed by atoms with E-state index in [0.29, 0.717) is 42.0 Å². The minimum atomic E-state index is -0.159. The van der Waals surface area contributed by atoms with Crippen LogP contribution in [0.3, 0.4) is 0 Å². The number of ether oxygens (including phenoxy) is 1. The molecule has 0 unspecified atom stereocenters. The van der Waals surface area contributed by atoms with Crippen LogP contribution in [0.25, 0.3) is 10.9 Å². The van der Waals surface area contributed by atoms with E-state index in [1.54, 1.807) is 12.1 Å². The van der Waals surface area contributed by atoms with Crippen molar-refractivity contribution in [3.8, 4) is 0 Å². The molecule has 1 saturated heterocycles. The Labute approximate surface area is 134 Å². The number of benzene rings is 1. The Kier molecular flexibility index (Phi) is 5.02. The molecule has 0 aliphatic carbocycles. The van der Waals surface area contributed by atoms with E-state index in [-0.39, 0.29) is 11.5 Å². The van der Waals surface area contributed by atoms with Gasteiger partial charge in [-0.3, -0.25) is 9.59 Å². The molecule has 1 aromatic heterocycles. The molecule has 2 heterocycles. The monoisotopic (exact) mass is 315 g/mol. The van der Waals surface area contributed by atoms with Gasteiger partial charge >= 0.3 is 0 Å². The average molecular weight is 315 g/mol. The standard InChI is InChI=1S/C17H21N3O3/c21-16(18-11-12-7-9-23-10-8-12)6-5-15-19-14-4-2-1-3-13(14)17(22)20-15/h1-4,12H,5-11H2,(H,18,21)(H,19,20,22). The summed E-state index contributed by atoms with van der Waals surface area (Å²) >= 11 is 0. The number of hydrogen-bond acceptors (Lipinski definition) is 4. The molecule has 1 aliphatic rings. The molecule has 0 bridgehead atoms. The van der Waals surface area contributed by atoms with Crippen molar-refractivity contribution in [2.75, 3.05) is 19.8 Å². The smallest absolute Gasteiger partial charge is 0.258 e. The Morgan fingerprint density at radius 3 is 2.91 bits per heavy atom. The van der Waals surface area contributed by atoms with Crippen molar-refractivity contribution in [3.05, 3.63) is 40.4 Å². The Hall–Kier alpha value is -2.21. The highest BCUT2D eigenvalue weighted by molar-refractivity contribution is 5.78. The van der Waals surface area contributed by atoms with Crippen molar-refractivity contribution in [3.63, 3.8) is 0 Å². The van der Waals surface area contributed by atoms with Crippen LogP contribution in [0.5, 0.6) is 0 Å². The Morgan fingerprint density at radius 2 is 2.09 bits per heavy atom. The van der Waals surface area contributed by atoms with Crippen LogP contribution in [0.4, 0.5) is 0 Å². The van der Waals surface area contributed by atoms with Gasteiger partial charge in [0.05, 0.1) is 10.9 Å². The van der Waals surface area contributed by atoms with Crippen molar-refractivity contribution in [1.82, 2.24) is 15.3 Å². The lowest BCUT2D eigenvalue weighted by Crippen LogP contribution is -2.32. The van der Waals surface area contributed by atoms with Gasteiger partial charge in [-0.1, -0.05) is 12.1 Å². The zero-order valence-corrected chi connectivity index (χ0v) is 13.0. The first-order chi connectivity index (χ1) is 11.2. The number of fused-ring (bicyclic) bond motifs is 1. The lowest BCUT2D eigenvalue weighted by molar-refractivity contribution is -0.121. The predicted octanol–water partition coefficient (Wildman–Crippen LogP) is 1.40. The van der Waals surface area contributed by atoms with E-state index in [1.807, 2.05) is 12.1 Å². The third-order valence-electron chi connectivity index (χ3n) is 4.18. The fourth-order valence-corrected chi connectivity index (χ4v) is 2.78. The van der Waals surface area contributed by atoms with Crippen LogP contribution in [-0.4, -0.2) is 35.6 Å². The summed E-state index contributed by atoms with van der Waals surface area (Å²) in [4.78, 5) is 31.1. The van der Waals surface area contributed by atoms with Gasteiger partial charge in [-0.05, 0) is 30.9 Å². The van der Waals surface area contributed by atoms with Crippen LogP contribution in [0, 0.1) is 5.92 Å². The van der Waals surface area contributed by atoms with E-state index >= 15 is 0 Å². The van der Waals surface area contributed by atoms with E-state index in [0.717, 1.165) is 26.1 Å². The Balaban J connectivity index is 1.53. The first-order valence-electron chi connectivity index (χ1n) is 8.05. The molecule has 1 aliphatic heterocycles. The molecule has 1 amide bonds. The molecule has 0 radical (unpaired) electrons. The molecule has 3 rings (SSSR count). The maximum Gasteiger partial charge on any atom is 0.258 e. The van der Waals surface area contributed by atoms with Gasteiger partial charge in [0, 0.05) is 32.6 Å². The highest BCUT2D eigenvalue weighted by Gasteiger charge is 2.14. The van der Waals surface area contributed by atoms with Crippen molar-refractivity contribution in [1.29, 1.82) is 0 Å². The lowest BCUT2D eigenvalue weighted by atomic mass is 10.0. The maximum atomic E-state index is 12.0. The van der Waals surface area contributed by atoms with E-state index < -0.39 is 0 Å². The number of H-pyrrole nitrogens is 1. The first-order valence-corrected chi connectivity index (χ1v) is 8.05. The van der Waals surface area contributed by atoms with Crippen LogP contribution < -0.4 is 10.9 Å². The molecule has 2 aromatic rings. The van der Waals surface area contributed by atoms with Crippen molar-refractivity contribution in [2.45, 2.75) is 25.7 Å². The summed E-state index contributed by atoms with van der Waals surface area (Å²) in [6.07, 6.45) is 2.75. The molecule has 23 heavy (non-hydrogen) atoms. The number of rotatable bonds is 5. The number of aryl methyl sites for hydroxylation is 1. The second-order valence-electron chi connectivity index (χ2n) is 5.89. The number of nitrogens with one attached hydrogen (secondary N) is 2. The molecule has 0 spiro atoms. The van der Waals surface area contributed by atoms with Crippen LogP contribution >= 0.6 is 0 Å². The van der Waals surface area contributed by atoms with Crippen molar-refractivity contribution >= 4 is 16.8 Å². The SMILES string of the molecule is O=C(CCc1nc2ccccc2c(=O)[nH]1)NCC1CCOCC1. The van der Waals surface area contributed by atoms with Crippen LogP contribution in [-0.2, 0) is 16.0 Å². The maximum absolute atomic E-state index is 12.0. The summed E-state index contributed by atoms with van der Waals surface area (Å²) in [5, 5.41) is 3.53. The highest BCUT2D eigenvalue weighted by atomic mass is 16.5. The van der Waals surface area contributed by atoms with E-state index in [4.69, 9.17) is 4.74 Å². The lowest BCUT2D eigenvalue weighted by Gasteiger charge is -2.22. The molecular weight excluding hydrogens is 294 g/mol. The number of amides is 1. The van der Waals surface area contributed by atoms with Crippen LogP contribution in [0.15, 0.2) is 29.1 Å². The predicted molar refractivity (Wildman–Crippen MR) is 87.2 cm³/mol. The molecular formula is C17H21N3O3. The van der Waals surface area contributed by atoms with Gasteiger partial charge in [0.15, 0.2) is 0 Å². The number of para-hydroxylation sites is 1. The third-order valence-corrected chi connectivity index (χ3v) is 4.18. The number of nitrogens with zero attached hydrogens (tertiary/aromatic N) is 1. The zero-order chi connectivity index (χ0) is 16.1. The molecule has 6 nitrogen and oxygen atoms in total. The summed E-state index contributed by atoms with van der Waals surface area (Å²) in [5.74, 6) is 1.05. The highest BCUT2D eigenvalue weighted by Crippen LogP contribution is 2.13. The summed E-state index contributed by atoms with van der Waals surface area (Å²) in [6, 6.07) is 7.20. The summed E-state index contributed by atoms with van der Waals surface area (Å²) in [5.41, 5.74) is 0.502. The van der Waals surface area contributed by atoms with Crippen molar-refractivity contribution < 1.29 is 9.53 Å². The fraction of sp³-hybridized carbons (Fsp3) is 0.471. The molecule has 1 aromatic carbocycles. The second kappa shape index (κ2) is 7.37. The largest absolute Gasteiger partial charge is 0.381 e. The second-order valence-corrected chi connectivity index (χ2v) is 5.89. The summed E-state index contributed by atoms with van der Waals surface area (Å²) < 4.78 is 5.30. The number of carbonyl (C=O) groups is 1. The molecule has 0 saturated carbocycles. The Morgan fingerprint density at radius 1 is 1.30 bits per heavy atom. The first kappa shape index (κ1) is 15.7. The van der Waals surface area contributed by atoms with Gasteiger partial charge in [-0.15, -0.1) is 0 Å². The number of aromatic nitrogens is 2. The average Bonchev–Trinajstić information content (AvgIpc) is 2.59. The minimum absolute atomic E-state index is 0.00713. The third kappa shape index (κ3) is 4.16. The van der Waals surface area contributed by atoms with Gasteiger partial charge in [0.2, 0.25) is 5.91 Å². The van der Waals surface area contributed by atoms with E-state index in [2.05, 4.69) is 15.3 Å². The van der Waals surface area contributed by atoms with Crippen LogP contribution in [0.2, 0.25) is 0 Å². The minimum Gasteiger partial charge on any atom is -0.381 e. The fourth-order valence-electron chi connectivity index (χ4n) is 2.78. The quantitative estimate of drug-likeness (QED) is 0.873. The normalized spacial score (nSPS) is 15.7. The molecule has 2 N–H and O–H groups in total. The van der Waals surface area contributed by atoms with E-state index in [9.17, 15) is 9.59 Å². The number of aromatic amines is 1. The summed E-state index contributed by atoms with van der Waals surface area (Å²) in [6.45, 7) is 2.26. The topological polar surface area (TPSA) is 84.1 Å². The Bertz CT molecular complexity index is 735. The van der Waals surface area contributed by atoms with Gasteiger partial charge in [-0.25, -0.2) is 4.98 Å². The van der Waals surface area contributed by atoms with Crippen molar-refractivity contribution in [2.24, 2.45) is 5.92 Å². The molecule has 1 fully saturated rings. The van der Waals surface area contributed by atoms with Gasteiger partial charge < -0.3 is 15.0 Å². The van der Waals surface area contributed by atoms with Gasteiger partial charge in [0.1, 0.15) is 5.82 Å². The van der Waals surface area contributed by atoms with Gasteiger partial charge in [0.25, 0.3) is 5.56 Å². The molecule has 0 atom stereocenters. The molecule has 122 valence electrons. The zero-order valence-electron chi connectivity index (χ0n) is 13.0. The number of carbonyl (C=O) groups excluding carboxylic acids is 1. The number of hydrogen-bond donors (Lipinski definition) is 2.